The van der Waals surface area contributed by atoms with Gasteiger partial charge in [-0.1, -0.05) is 18.5 Å². The first-order valence-corrected chi connectivity index (χ1v) is 8.98. The van der Waals surface area contributed by atoms with Gasteiger partial charge in [0.05, 0.1) is 6.54 Å². The van der Waals surface area contributed by atoms with Gasteiger partial charge in [-0.25, -0.2) is 4.79 Å². The van der Waals surface area contributed by atoms with Crippen LogP contribution in [0.4, 0.5) is 0 Å². The van der Waals surface area contributed by atoms with Crippen LogP contribution in [-0.2, 0) is 6.54 Å². The predicted octanol–water partition coefficient (Wildman–Crippen LogP) is 2.56. The molecule has 0 aliphatic carbocycles. The molecule has 0 fully saturated rings. The lowest BCUT2D eigenvalue weighted by molar-refractivity contribution is 0.703. The number of hydrogen-bond donors (Lipinski definition) is 2. The number of aryl methyl sites for hydroxylation is 2. The molecule has 1 aromatic carbocycles. The molecule has 7 heteroatoms. The van der Waals surface area contributed by atoms with Crippen molar-refractivity contribution in [1.29, 1.82) is 0 Å². The molecular formula is C17H22ClN3O2S. The Kier molecular flexibility index (Phi) is 6.32. The predicted molar refractivity (Wildman–Crippen MR) is 101 cm³/mol. The van der Waals surface area contributed by atoms with E-state index < -0.39 is 5.69 Å². The Morgan fingerprint density at radius 2 is 2.00 bits per heavy atom. The number of nitrogens with one attached hydrogen (secondary N) is 2. The van der Waals surface area contributed by atoms with Crippen LogP contribution >= 0.6 is 23.4 Å². The summed E-state index contributed by atoms with van der Waals surface area (Å²) in [5.41, 5.74) is 1.80. The summed E-state index contributed by atoms with van der Waals surface area (Å²) >= 11 is 7.97. The first-order chi connectivity index (χ1) is 11.3. The van der Waals surface area contributed by atoms with Gasteiger partial charge in [0.1, 0.15) is 0 Å². The summed E-state index contributed by atoms with van der Waals surface area (Å²) in [6.07, 6.45) is 1.59. The summed E-state index contributed by atoms with van der Waals surface area (Å²) in [7, 11) is 1.93. The molecule has 0 aliphatic heterocycles. The van der Waals surface area contributed by atoms with E-state index >= 15 is 0 Å². The van der Waals surface area contributed by atoms with Crippen LogP contribution in [0, 0.1) is 13.8 Å². The molecule has 0 bridgehead atoms. The van der Waals surface area contributed by atoms with Crippen LogP contribution < -0.4 is 16.6 Å². The van der Waals surface area contributed by atoms with Crippen molar-refractivity contribution in [1.82, 2.24) is 14.9 Å². The maximum Gasteiger partial charge on any atom is 0.328 e. The van der Waals surface area contributed by atoms with Gasteiger partial charge in [-0.05, 0) is 44.2 Å². The number of H-pyrrole nitrogens is 1. The quantitative estimate of drug-likeness (QED) is 0.770. The van der Waals surface area contributed by atoms with Crippen molar-refractivity contribution < 1.29 is 0 Å². The summed E-state index contributed by atoms with van der Waals surface area (Å²) in [6, 6.07) is 3.82. The first-order valence-electron chi connectivity index (χ1n) is 7.72. The van der Waals surface area contributed by atoms with Crippen LogP contribution in [-0.4, -0.2) is 28.4 Å². The van der Waals surface area contributed by atoms with E-state index in [9.17, 15) is 9.59 Å². The minimum Gasteiger partial charge on any atom is -0.319 e. The fraction of sp³-hybridized carbons (Fsp3) is 0.412. The molecule has 0 spiro atoms. The Morgan fingerprint density at radius 1 is 1.29 bits per heavy atom. The molecule has 0 saturated carbocycles. The van der Waals surface area contributed by atoms with Crippen molar-refractivity contribution >= 4 is 23.4 Å². The molecule has 5 nitrogen and oxygen atoms in total. The van der Waals surface area contributed by atoms with E-state index in [1.54, 1.807) is 24.9 Å². The van der Waals surface area contributed by atoms with Gasteiger partial charge in [0, 0.05) is 33.5 Å². The van der Waals surface area contributed by atoms with E-state index in [0.717, 1.165) is 22.6 Å². The highest BCUT2D eigenvalue weighted by atomic mass is 35.5. The van der Waals surface area contributed by atoms with Crippen molar-refractivity contribution in [2.75, 3.05) is 13.6 Å². The van der Waals surface area contributed by atoms with Crippen LogP contribution in [0.5, 0.6) is 0 Å². The normalized spacial score (nSPS) is 12.4. The maximum atomic E-state index is 12.1. The number of hydrogen-bond acceptors (Lipinski definition) is 4. The molecule has 24 heavy (non-hydrogen) atoms. The number of benzene rings is 1. The van der Waals surface area contributed by atoms with Crippen LogP contribution in [0.3, 0.4) is 0 Å². The molecule has 2 N–H and O–H groups in total. The second kappa shape index (κ2) is 8.05. The molecule has 2 aromatic rings. The van der Waals surface area contributed by atoms with Gasteiger partial charge in [0.15, 0.2) is 0 Å². The van der Waals surface area contributed by atoms with E-state index in [-0.39, 0.29) is 5.56 Å². The minimum absolute atomic E-state index is 0.351. The van der Waals surface area contributed by atoms with Gasteiger partial charge < -0.3 is 5.32 Å². The Hall–Kier alpha value is -1.50. The number of halogens is 1. The summed E-state index contributed by atoms with van der Waals surface area (Å²) in [5, 5.41) is 4.19. The summed E-state index contributed by atoms with van der Waals surface area (Å²) < 4.78 is 1.51. The number of rotatable bonds is 6. The number of nitrogens with zero attached hydrogens (tertiary/aromatic N) is 1. The molecule has 130 valence electrons. The zero-order valence-corrected chi connectivity index (χ0v) is 15.8. The van der Waals surface area contributed by atoms with Crippen LogP contribution in [0.2, 0.25) is 5.02 Å². The largest absolute Gasteiger partial charge is 0.328 e. The van der Waals surface area contributed by atoms with E-state index in [1.807, 2.05) is 26.1 Å². The molecule has 1 aromatic heterocycles. The van der Waals surface area contributed by atoms with Gasteiger partial charge in [-0.3, -0.25) is 14.3 Å². The molecule has 0 radical (unpaired) electrons. The third kappa shape index (κ3) is 4.53. The van der Waals surface area contributed by atoms with Gasteiger partial charge in [0.25, 0.3) is 5.56 Å². The number of aromatic amines is 1. The smallest absolute Gasteiger partial charge is 0.319 e. The maximum absolute atomic E-state index is 12.1. The van der Waals surface area contributed by atoms with Crippen molar-refractivity contribution in [2.45, 2.75) is 37.5 Å². The lowest BCUT2D eigenvalue weighted by Gasteiger charge is -2.18. The Balaban J connectivity index is 2.44. The first kappa shape index (κ1) is 18.8. The summed E-state index contributed by atoms with van der Waals surface area (Å²) in [4.78, 5) is 27.1. The highest BCUT2D eigenvalue weighted by molar-refractivity contribution is 8.00. The third-order valence-electron chi connectivity index (χ3n) is 3.66. The van der Waals surface area contributed by atoms with Gasteiger partial charge in [0.2, 0.25) is 0 Å². The Bertz CT molecular complexity index is 845. The SMILES string of the molecule is CNCC(C)Sc1c(C)cc(Cl)cc1Cn1cc(C)c(=O)[nH]c1=O. The van der Waals surface area contributed by atoms with Crippen LogP contribution in [0.25, 0.3) is 0 Å². The monoisotopic (exact) mass is 367 g/mol. The minimum atomic E-state index is -0.414. The lowest BCUT2D eigenvalue weighted by atomic mass is 10.1. The van der Waals surface area contributed by atoms with Gasteiger partial charge in [-0.15, -0.1) is 11.8 Å². The van der Waals surface area contributed by atoms with Crippen molar-refractivity contribution in [2.24, 2.45) is 0 Å². The fourth-order valence-corrected chi connectivity index (χ4v) is 4.00. The van der Waals surface area contributed by atoms with Gasteiger partial charge in [-0.2, -0.15) is 0 Å². The molecular weight excluding hydrogens is 346 g/mol. The second-order valence-corrected chi connectivity index (χ2v) is 7.78. The summed E-state index contributed by atoms with van der Waals surface area (Å²) in [6.45, 7) is 7.10. The van der Waals surface area contributed by atoms with Crippen molar-refractivity contribution in [3.8, 4) is 0 Å². The average molecular weight is 368 g/mol. The van der Waals surface area contributed by atoms with Crippen LogP contribution in [0.1, 0.15) is 23.6 Å². The number of thioether (sulfide) groups is 1. The second-order valence-electron chi connectivity index (χ2n) is 5.90. The summed E-state index contributed by atoms with van der Waals surface area (Å²) in [5.74, 6) is 0. The molecule has 1 heterocycles. The molecule has 0 aliphatic rings. The lowest BCUT2D eigenvalue weighted by Crippen LogP contribution is -2.31. The molecule has 1 unspecified atom stereocenters. The topological polar surface area (TPSA) is 66.9 Å². The van der Waals surface area contributed by atoms with Gasteiger partial charge >= 0.3 is 5.69 Å². The van der Waals surface area contributed by atoms with Crippen LogP contribution in [0.15, 0.2) is 32.8 Å². The highest BCUT2D eigenvalue weighted by Gasteiger charge is 2.14. The zero-order chi connectivity index (χ0) is 17.9. The standard InChI is InChI=1S/C17H22ClN3O2S/c1-10-5-14(18)6-13(15(10)24-12(3)7-19-4)9-21-8-11(2)16(22)20-17(21)23/h5-6,8,12,19H,7,9H2,1-4H3,(H,20,22,23). The third-order valence-corrected chi connectivity index (χ3v) is 5.26. The van der Waals surface area contributed by atoms with E-state index in [0.29, 0.717) is 22.4 Å². The van der Waals surface area contributed by atoms with E-state index in [4.69, 9.17) is 11.6 Å². The zero-order valence-electron chi connectivity index (χ0n) is 14.3. The van der Waals surface area contributed by atoms with E-state index in [2.05, 4.69) is 17.2 Å². The Morgan fingerprint density at radius 3 is 2.67 bits per heavy atom. The molecule has 2 rings (SSSR count). The average Bonchev–Trinajstić information content (AvgIpc) is 2.48. The van der Waals surface area contributed by atoms with E-state index in [1.165, 1.54) is 4.57 Å². The number of aromatic nitrogens is 2. The molecule has 1 atom stereocenters. The Labute approximate surface area is 150 Å². The fourth-order valence-electron chi connectivity index (χ4n) is 2.54. The van der Waals surface area contributed by atoms with Crippen molar-refractivity contribution in [3.05, 3.63) is 60.9 Å². The molecule has 0 saturated heterocycles. The van der Waals surface area contributed by atoms with Crippen molar-refractivity contribution in [3.63, 3.8) is 0 Å². The highest BCUT2D eigenvalue weighted by Crippen LogP contribution is 2.32. The molecule has 0 amide bonds.